The number of hydrogen-bond donors (Lipinski definition) is 2. The quantitative estimate of drug-likeness (QED) is 0.518. The van der Waals surface area contributed by atoms with Crippen LogP contribution in [0, 0.1) is 0 Å². The Balaban J connectivity index is 2.11. The number of ether oxygens (including phenoxy) is 1. The van der Waals surface area contributed by atoms with Gasteiger partial charge in [0.15, 0.2) is 0 Å². The first kappa shape index (κ1) is 15.2. The van der Waals surface area contributed by atoms with Gasteiger partial charge >= 0.3 is 6.02 Å². The lowest BCUT2D eigenvalue weighted by Crippen LogP contribution is -1.97. The maximum absolute atomic E-state index is 9.62. The normalized spacial score (nSPS) is 12.1. The summed E-state index contributed by atoms with van der Waals surface area (Å²) in [5, 5.41) is 26.8. The van der Waals surface area contributed by atoms with Gasteiger partial charge in [0.2, 0.25) is 0 Å². The first-order valence-electron chi connectivity index (χ1n) is 6.46. The molecule has 6 heteroatoms. The Bertz CT molecular complexity index is 724. The highest BCUT2D eigenvalue weighted by Crippen LogP contribution is 2.13. The van der Waals surface area contributed by atoms with Crippen LogP contribution in [0.3, 0.4) is 0 Å². The average Bonchev–Trinajstić information content (AvgIpc) is 2.54. The van der Waals surface area contributed by atoms with Crippen molar-refractivity contribution in [3.8, 4) is 11.5 Å². The van der Waals surface area contributed by atoms with E-state index in [4.69, 9.17) is 4.74 Å². The predicted octanol–water partition coefficient (Wildman–Crippen LogP) is 2.55. The highest BCUT2D eigenvalue weighted by Gasteiger charge is 1.98. The predicted molar refractivity (Wildman–Crippen MR) is 85.8 cm³/mol. The third-order valence-electron chi connectivity index (χ3n) is 2.71. The summed E-state index contributed by atoms with van der Waals surface area (Å²) in [6.07, 6.45) is 2.82. The molecule has 0 radical (unpaired) electrons. The smallest absolute Gasteiger partial charge is 0.335 e. The number of benzene rings is 2. The Morgan fingerprint density at radius 2 is 1.45 bits per heavy atom. The minimum atomic E-state index is 0.0231. The molecule has 0 amide bonds. The van der Waals surface area contributed by atoms with E-state index >= 15 is 0 Å². The summed E-state index contributed by atoms with van der Waals surface area (Å²) in [7, 11) is 1.41. The molecule has 0 fully saturated rings. The third kappa shape index (κ3) is 4.17. The summed E-state index contributed by atoms with van der Waals surface area (Å²) in [6.45, 7) is 0. The van der Waals surface area contributed by atoms with Crippen LogP contribution in [-0.2, 0) is 4.74 Å². The molecule has 2 aromatic carbocycles. The minimum Gasteiger partial charge on any atom is -0.507 e. The van der Waals surface area contributed by atoms with Crippen molar-refractivity contribution in [1.82, 2.24) is 0 Å². The van der Waals surface area contributed by atoms with Crippen LogP contribution in [0.25, 0.3) is 0 Å². The fraction of sp³-hybridized carbons (Fsp3) is 0.0625. The second-order valence-electron chi connectivity index (χ2n) is 4.21. The van der Waals surface area contributed by atoms with E-state index in [1.165, 1.54) is 19.5 Å². The van der Waals surface area contributed by atoms with Crippen molar-refractivity contribution in [2.24, 2.45) is 15.2 Å². The van der Waals surface area contributed by atoms with Gasteiger partial charge in [-0.2, -0.15) is 5.10 Å². The Morgan fingerprint density at radius 1 is 0.909 bits per heavy atom. The topological polar surface area (TPSA) is 86.8 Å². The average molecular weight is 297 g/mol. The van der Waals surface area contributed by atoms with Gasteiger partial charge in [-0.15, -0.1) is 0 Å². The number of rotatable bonds is 3. The monoisotopic (exact) mass is 297 g/mol. The molecular formula is C16H15N3O3. The number of phenolic OH excluding ortho intramolecular Hbond substituents is 2. The van der Waals surface area contributed by atoms with Crippen LogP contribution >= 0.6 is 0 Å². The molecule has 2 N–H and O–H groups in total. The van der Waals surface area contributed by atoms with Crippen molar-refractivity contribution in [3.05, 3.63) is 59.7 Å². The van der Waals surface area contributed by atoms with Gasteiger partial charge in [-0.3, -0.25) is 0 Å². The van der Waals surface area contributed by atoms with Crippen LogP contribution in [0.15, 0.2) is 63.7 Å². The largest absolute Gasteiger partial charge is 0.507 e. The van der Waals surface area contributed by atoms with Gasteiger partial charge < -0.3 is 14.9 Å². The molecule has 6 nitrogen and oxygen atoms in total. The highest BCUT2D eigenvalue weighted by atomic mass is 16.5. The minimum absolute atomic E-state index is 0.0231. The summed E-state index contributed by atoms with van der Waals surface area (Å²) in [4.78, 5) is 3.99. The van der Waals surface area contributed by atoms with Gasteiger partial charge in [0.25, 0.3) is 0 Å². The second kappa shape index (κ2) is 7.58. The van der Waals surface area contributed by atoms with E-state index in [-0.39, 0.29) is 17.5 Å². The molecule has 0 aliphatic heterocycles. The number of amidine groups is 1. The third-order valence-corrected chi connectivity index (χ3v) is 2.71. The number of para-hydroxylation sites is 2. The van der Waals surface area contributed by atoms with E-state index in [0.29, 0.717) is 11.1 Å². The van der Waals surface area contributed by atoms with Crippen molar-refractivity contribution < 1.29 is 14.9 Å². The molecule has 2 rings (SSSR count). The van der Waals surface area contributed by atoms with E-state index in [0.717, 1.165) is 0 Å². The van der Waals surface area contributed by atoms with Crippen LogP contribution in [0.4, 0.5) is 0 Å². The molecule has 0 saturated heterocycles. The molecule has 0 spiro atoms. The number of nitrogens with zero attached hydrogens (tertiary/aromatic N) is 3. The lowest BCUT2D eigenvalue weighted by molar-refractivity contribution is 0.395. The van der Waals surface area contributed by atoms with Crippen molar-refractivity contribution in [3.63, 3.8) is 0 Å². The number of methoxy groups -OCH3 is 1. The molecular weight excluding hydrogens is 282 g/mol. The standard InChI is InChI=1S/C16H15N3O3/c1-22-16(17-10-12-6-2-4-8-14(12)20)19-18-11-13-7-3-5-9-15(13)21/h2-11,20-21H,1H3/b17-10+,18-11+,19-16+. The Hall–Kier alpha value is -3.15. The maximum atomic E-state index is 9.62. The fourth-order valence-corrected chi connectivity index (χ4v) is 1.58. The zero-order chi connectivity index (χ0) is 15.8. The molecule has 0 unspecified atom stereocenters. The zero-order valence-corrected chi connectivity index (χ0v) is 11.9. The lowest BCUT2D eigenvalue weighted by Gasteiger charge is -1.98. The summed E-state index contributed by atoms with van der Waals surface area (Å²) in [6, 6.07) is 13.5. The first-order chi connectivity index (χ1) is 10.7. The van der Waals surface area contributed by atoms with Crippen molar-refractivity contribution in [2.45, 2.75) is 0 Å². The van der Waals surface area contributed by atoms with Gasteiger partial charge in [0.05, 0.1) is 13.3 Å². The van der Waals surface area contributed by atoms with E-state index in [1.54, 1.807) is 48.5 Å². The van der Waals surface area contributed by atoms with E-state index < -0.39 is 0 Å². The maximum Gasteiger partial charge on any atom is 0.335 e. The molecule has 112 valence electrons. The summed E-state index contributed by atoms with van der Waals surface area (Å²) >= 11 is 0. The van der Waals surface area contributed by atoms with Crippen molar-refractivity contribution >= 4 is 18.5 Å². The summed E-state index contributed by atoms with van der Waals surface area (Å²) in [5.74, 6) is 0.220. The van der Waals surface area contributed by atoms with Crippen LogP contribution in [-0.4, -0.2) is 35.8 Å². The number of aliphatic imine (C=N–C) groups is 1. The molecule has 0 aliphatic rings. The zero-order valence-electron chi connectivity index (χ0n) is 11.9. The van der Waals surface area contributed by atoms with Crippen molar-refractivity contribution in [2.75, 3.05) is 7.11 Å². The van der Waals surface area contributed by atoms with Gasteiger partial charge in [-0.1, -0.05) is 29.4 Å². The van der Waals surface area contributed by atoms with E-state index in [1.807, 2.05) is 0 Å². The molecule has 0 aliphatic carbocycles. The van der Waals surface area contributed by atoms with Crippen LogP contribution in [0.2, 0.25) is 0 Å². The number of hydrogen-bond acceptors (Lipinski definition) is 5. The second-order valence-corrected chi connectivity index (χ2v) is 4.21. The van der Waals surface area contributed by atoms with Gasteiger partial charge in [0, 0.05) is 17.3 Å². The van der Waals surface area contributed by atoms with E-state index in [2.05, 4.69) is 15.2 Å². The SMILES string of the molecule is COC(/N=C/c1ccccc1O)=N/N=C/c1ccccc1O. The van der Waals surface area contributed by atoms with Crippen LogP contribution in [0.1, 0.15) is 11.1 Å². The molecule has 22 heavy (non-hydrogen) atoms. The van der Waals surface area contributed by atoms with E-state index in [9.17, 15) is 10.2 Å². The summed E-state index contributed by atoms with van der Waals surface area (Å²) in [5.41, 5.74) is 1.07. The van der Waals surface area contributed by atoms with Crippen molar-refractivity contribution in [1.29, 1.82) is 0 Å². The Labute approximate surface area is 127 Å². The highest BCUT2D eigenvalue weighted by molar-refractivity contribution is 5.93. The molecule has 0 bridgehead atoms. The lowest BCUT2D eigenvalue weighted by atomic mass is 10.2. The molecule has 0 aromatic heterocycles. The first-order valence-corrected chi connectivity index (χ1v) is 6.46. The molecule has 0 saturated carbocycles. The molecule has 0 atom stereocenters. The van der Waals surface area contributed by atoms with Crippen LogP contribution in [0.5, 0.6) is 11.5 Å². The van der Waals surface area contributed by atoms with Gasteiger partial charge in [0.1, 0.15) is 11.5 Å². The fourth-order valence-electron chi connectivity index (χ4n) is 1.58. The molecule has 0 heterocycles. The summed E-state index contributed by atoms with van der Waals surface area (Å²) < 4.78 is 4.97. The Morgan fingerprint density at radius 3 is 2.00 bits per heavy atom. The Kier molecular flexibility index (Phi) is 5.25. The number of aromatic hydroxyl groups is 2. The van der Waals surface area contributed by atoms with Gasteiger partial charge in [-0.25, -0.2) is 4.99 Å². The number of phenols is 2. The van der Waals surface area contributed by atoms with Gasteiger partial charge in [-0.05, 0) is 24.3 Å². The van der Waals surface area contributed by atoms with Crippen LogP contribution < -0.4 is 0 Å². The molecule has 2 aromatic rings.